The van der Waals surface area contributed by atoms with E-state index < -0.39 is 11.6 Å². The van der Waals surface area contributed by atoms with Crippen LogP contribution < -0.4 is 4.74 Å². The van der Waals surface area contributed by atoms with Gasteiger partial charge in [0, 0.05) is 30.2 Å². The van der Waals surface area contributed by atoms with Crippen LogP contribution in [-0.4, -0.2) is 27.2 Å². The summed E-state index contributed by atoms with van der Waals surface area (Å²) in [7, 11) is 0. The lowest BCUT2D eigenvalue weighted by atomic mass is 10.1. The van der Waals surface area contributed by atoms with Crippen molar-refractivity contribution in [3.05, 3.63) is 113 Å². The molecule has 0 spiro atoms. The van der Waals surface area contributed by atoms with Crippen LogP contribution in [0.3, 0.4) is 0 Å². The number of aromatic nitrogens is 3. The van der Waals surface area contributed by atoms with Gasteiger partial charge in [0.15, 0.2) is 0 Å². The summed E-state index contributed by atoms with van der Waals surface area (Å²) >= 11 is 0. The van der Waals surface area contributed by atoms with Gasteiger partial charge in [-0.05, 0) is 60.9 Å². The number of pyridine rings is 1. The number of hydrogen-bond donors (Lipinski definition) is 0. The minimum Gasteiger partial charge on any atom is -0.473 e. The number of nitriles is 1. The summed E-state index contributed by atoms with van der Waals surface area (Å²) in [5.74, 6) is 0.184. The van der Waals surface area contributed by atoms with Crippen molar-refractivity contribution in [2.24, 2.45) is 0 Å². The van der Waals surface area contributed by atoms with Gasteiger partial charge in [0.25, 0.3) is 0 Å². The van der Waals surface area contributed by atoms with Crippen molar-refractivity contribution < 1.29 is 18.3 Å². The highest BCUT2D eigenvalue weighted by atomic mass is 19.1. The van der Waals surface area contributed by atoms with Crippen molar-refractivity contribution in [2.45, 2.75) is 38.5 Å². The second kappa shape index (κ2) is 11.2. The average Bonchev–Trinajstić information content (AvgIpc) is 3.61. The van der Waals surface area contributed by atoms with E-state index in [0.29, 0.717) is 23.2 Å². The number of hydrogen-bond acceptors (Lipinski definition) is 5. The second-order valence-corrected chi connectivity index (χ2v) is 9.82. The Balaban J connectivity index is 1.20. The minimum absolute atomic E-state index is 0.0671. The van der Waals surface area contributed by atoms with Gasteiger partial charge in [-0.1, -0.05) is 30.3 Å². The highest BCUT2D eigenvalue weighted by Crippen LogP contribution is 2.27. The number of benzene rings is 3. The molecule has 40 heavy (non-hydrogen) atoms. The van der Waals surface area contributed by atoms with Crippen LogP contribution in [0, 0.1) is 23.0 Å². The Morgan fingerprint density at radius 2 is 1.88 bits per heavy atom. The summed E-state index contributed by atoms with van der Waals surface area (Å²) in [6.45, 7) is 1.44. The monoisotopic (exact) mass is 536 g/mol. The molecule has 3 heterocycles. The smallest absolute Gasteiger partial charge is 0.214 e. The zero-order valence-corrected chi connectivity index (χ0v) is 21.7. The fourth-order valence-electron chi connectivity index (χ4n) is 5.05. The van der Waals surface area contributed by atoms with Crippen molar-refractivity contribution in [1.82, 2.24) is 14.5 Å². The number of halogens is 2. The summed E-state index contributed by atoms with van der Waals surface area (Å²) < 4.78 is 43.3. The van der Waals surface area contributed by atoms with Gasteiger partial charge in [-0.2, -0.15) is 5.26 Å². The Morgan fingerprint density at radius 1 is 0.975 bits per heavy atom. The molecule has 1 atom stereocenters. The maximum absolute atomic E-state index is 15.4. The van der Waals surface area contributed by atoms with E-state index in [4.69, 9.17) is 19.7 Å². The van der Waals surface area contributed by atoms with Crippen LogP contribution in [0.25, 0.3) is 22.3 Å². The van der Waals surface area contributed by atoms with Crippen LogP contribution >= 0.6 is 0 Å². The van der Waals surface area contributed by atoms with E-state index in [1.807, 2.05) is 30.3 Å². The Morgan fingerprint density at radius 3 is 2.67 bits per heavy atom. The SMILES string of the molecule is N#Cc1ccc(COc2cccc(-c3ccc(Cc4nc5ccccc5n4C[C@@H]4CCCO4)cc3F)n2)c(F)c1. The van der Waals surface area contributed by atoms with E-state index in [1.165, 1.54) is 18.2 Å². The predicted octanol–water partition coefficient (Wildman–Crippen LogP) is 6.60. The topological polar surface area (TPSA) is 73.0 Å². The van der Waals surface area contributed by atoms with Gasteiger partial charge in [0.2, 0.25) is 5.88 Å². The zero-order valence-electron chi connectivity index (χ0n) is 21.7. The van der Waals surface area contributed by atoms with Crippen LogP contribution in [0.2, 0.25) is 0 Å². The first-order valence-corrected chi connectivity index (χ1v) is 13.2. The molecule has 0 saturated carbocycles. The van der Waals surface area contributed by atoms with Crippen molar-refractivity contribution in [1.29, 1.82) is 5.26 Å². The molecule has 6 rings (SSSR count). The van der Waals surface area contributed by atoms with E-state index in [0.717, 1.165) is 54.5 Å². The molecule has 0 N–H and O–H groups in total. The first-order chi connectivity index (χ1) is 19.6. The van der Waals surface area contributed by atoms with E-state index in [1.54, 1.807) is 24.3 Å². The number of imidazole rings is 1. The molecule has 3 aromatic carbocycles. The van der Waals surface area contributed by atoms with Crippen molar-refractivity contribution >= 4 is 11.0 Å². The average molecular weight is 537 g/mol. The highest BCUT2D eigenvalue weighted by Gasteiger charge is 2.20. The first kappa shape index (κ1) is 25.7. The maximum Gasteiger partial charge on any atom is 0.214 e. The van der Waals surface area contributed by atoms with E-state index in [2.05, 4.69) is 15.6 Å². The number of nitrogens with zero attached hydrogens (tertiary/aromatic N) is 4. The third-order valence-electron chi connectivity index (χ3n) is 7.10. The maximum atomic E-state index is 15.4. The highest BCUT2D eigenvalue weighted by molar-refractivity contribution is 5.76. The van der Waals surface area contributed by atoms with Gasteiger partial charge in [-0.3, -0.25) is 0 Å². The second-order valence-electron chi connectivity index (χ2n) is 9.82. The summed E-state index contributed by atoms with van der Waals surface area (Å²) in [5, 5.41) is 8.91. The quantitative estimate of drug-likeness (QED) is 0.224. The van der Waals surface area contributed by atoms with E-state index in [9.17, 15) is 4.39 Å². The van der Waals surface area contributed by atoms with Gasteiger partial charge < -0.3 is 14.0 Å². The number of fused-ring (bicyclic) bond motifs is 1. The molecule has 1 aliphatic heterocycles. The van der Waals surface area contributed by atoms with E-state index >= 15 is 4.39 Å². The van der Waals surface area contributed by atoms with Crippen LogP contribution in [0.5, 0.6) is 5.88 Å². The zero-order chi connectivity index (χ0) is 27.5. The molecule has 6 nitrogen and oxygen atoms in total. The molecular formula is C32H26F2N4O2. The Hall–Kier alpha value is -4.61. The van der Waals surface area contributed by atoms with Gasteiger partial charge in [-0.15, -0.1) is 0 Å². The molecule has 0 amide bonds. The lowest BCUT2D eigenvalue weighted by Crippen LogP contribution is -2.17. The normalized spacial score (nSPS) is 14.9. The Labute approximate surface area is 230 Å². The van der Waals surface area contributed by atoms with Gasteiger partial charge in [0.1, 0.15) is 24.1 Å². The van der Waals surface area contributed by atoms with Gasteiger partial charge >= 0.3 is 0 Å². The predicted molar refractivity (Wildman–Crippen MR) is 147 cm³/mol. The third kappa shape index (κ3) is 5.42. The van der Waals surface area contributed by atoms with Crippen LogP contribution in [-0.2, 0) is 24.3 Å². The van der Waals surface area contributed by atoms with Crippen molar-refractivity contribution in [2.75, 3.05) is 6.61 Å². The largest absolute Gasteiger partial charge is 0.473 e. The molecule has 1 saturated heterocycles. The molecule has 200 valence electrons. The summed E-state index contributed by atoms with van der Waals surface area (Å²) in [5.41, 5.74) is 4.04. The minimum atomic E-state index is -0.527. The number of para-hydroxylation sites is 2. The van der Waals surface area contributed by atoms with Crippen LogP contribution in [0.4, 0.5) is 8.78 Å². The van der Waals surface area contributed by atoms with Crippen LogP contribution in [0.15, 0.2) is 78.9 Å². The van der Waals surface area contributed by atoms with Gasteiger partial charge in [0.05, 0.1) is 41.0 Å². The number of ether oxygens (including phenoxy) is 2. The van der Waals surface area contributed by atoms with Crippen molar-refractivity contribution in [3.8, 4) is 23.2 Å². The Bertz CT molecular complexity index is 1720. The fraction of sp³-hybridized carbons (Fsp3) is 0.219. The van der Waals surface area contributed by atoms with Gasteiger partial charge in [-0.25, -0.2) is 18.7 Å². The van der Waals surface area contributed by atoms with Crippen molar-refractivity contribution in [3.63, 3.8) is 0 Å². The summed E-state index contributed by atoms with van der Waals surface area (Å²) in [6, 6.07) is 24.3. The molecule has 1 fully saturated rings. The molecule has 1 aliphatic rings. The lowest BCUT2D eigenvalue weighted by Gasteiger charge is -2.14. The first-order valence-electron chi connectivity index (χ1n) is 13.2. The summed E-state index contributed by atoms with van der Waals surface area (Å²) in [4.78, 5) is 9.28. The molecule has 5 aromatic rings. The molecule has 0 unspecified atom stereocenters. The standard InChI is InChI=1S/C32H26F2N4O2/c33-26-16-22(18-35)10-12-23(26)20-40-32-9-3-7-28(37-32)25-13-11-21(15-27(25)34)17-31-36-29-6-1-2-8-30(29)38(31)19-24-5-4-14-39-24/h1-3,6-13,15-16,24H,4-5,14,17,19-20H2/t24-/m0/s1. The number of rotatable bonds is 8. The molecule has 2 aromatic heterocycles. The fourth-order valence-corrected chi connectivity index (χ4v) is 5.05. The molecular weight excluding hydrogens is 510 g/mol. The third-order valence-corrected chi connectivity index (χ3v) is 7.10. The molecule has 0 aliphatic carbocycles. The molecule has 0 radical (unpaired) electrons. The van der Waals surface area contributed by atoms with E-state index in [-0.39, 0.29) is 24.2 Å². The Kier molecular flexibility index (Phi) is 7.21. The summed E-state index contributed by atoms with van der Waals surface area (Å²) in [6.07, 6.45) is 2.72. The van der Waals surface area contributed by atoms with Crippen LogP contribution in [0.1, 0.15) is 35.4 Å². The lowest BCUT2D eigenvalue weighted by molar-refractivity contribution is 0.0973. The molecule has 8 heteroatoms. The molecule has 0 bridgehead atoms.